The van der Waals surface area contributed by atoms with Crippen molar-refractivity contribution in [3.8, 4) is 0 Å². The Labute approximate surface area is 106 Å². The van der Waals surface area contributed by atoms with E-state index in [9.17, 15) is 9.59 Å². The van der Waals surface area contributed by atoms with Crippen molar-refractivity contribution >= 4 is 11.9 Å². The molecule has 1 saturated heterocycles. The minimum Gasteiger partial charge on any atom is -0.393 e. The second-order valence-electron chi connectivity index (χ2n) is 5.48. The Balaban J connectivity index is 2.06. The summed E-state index contributed by atoms with van der Waals surface area (Å²) in [6.45, 7) is 2.09. The number of carbonyl (C=O) groups is 2. The number of rotatable bonds is 1. The Morgan fingerprint density at radius 1 is 1.28 bits per heavy atom. The zero-order chi connectivity index (χ0) is 12.8. The molecule has 1 aromatic carbocycles. The Hall–Kier alpha value is -1.64. The summed E-state index contributed by atoms with van der Waals surface area (Å²) in [5.41, 5.74) is 2.27. The van der Waals surface area contributed by atoms with Gasteiger partial charge in [0.25, 0.3) is 0 Å². The molecule has 1 heterocycles. The van der Waals surface area contributed by atoms with Crippen molar-refractivity contribution in [3.63, 3.8) is 0 Å². The molecule has 18 heavy (non-hydrogen) atoms. The molecule has 3 nitrogen and oxygen atoms in total. The number of hydrogen-bond donors (Lipinski definition) is 0. The summed E-state index contributed by atoms with van der Waals surface area (Å²) < 4.78 is 4.73. The summed E-state index contributed by atoms with van der Waals surface area (Å²) in [5.74, 6) is -1.04. The van der Waals surface area contributed by atoms with Crippen LogP contribution in [-0.4, -0.2) is 11.9 Å². The highest BCUT2D eigenvalue weighted by atomic mass is 16.6. The van der Waals surface area contributed by atoms with E-state index in [0.29, 0.717) is 0 Å². The van der Waals surface area contributed by atoms with Crippen LogP contribution in [0, 0.1) is 5.92 Å². The monoisotopic (exact) mass is 244 g/mol. The van der Waals surface area contributed by atoms with Crippen LogP contribution in [0.3, 0.4) is 0 Å². The number of carbonyl (C=O) groups excluding carboxylic acids is 2. The summed E-state index contributed by atoms with van der Waals surface area (Å²) in [5, 5.41) is 0. The predicted octanol–water partition coefficient (Wildman–Crippen LogP) is 2.37. The fourth-order valence-electron chi connectivity index (χ4n) is 3.40. The van der Waals surface area contributed by atoms with Gasteiger partial charge in [-0.3, -0.25) is 9.59 Å². The van der Waals surface area contributed by atoms with Gasteiger partial charge in [-0.2, -0.15) is 0 Å². The van der Waals surface area contributed by atoms with Crippen LogP contribution in [0.5, 0.6) is 0 Å². The lowest BCUT2D eigenvalue weighted by atomic mass is 9.63. The van der Waals surface area contributed by atoms with Gasteiger partial charge in [-0.15, -0.1) is 0 Å². The molecule has 2 aliphatic rings. The van der Waals surface area contributed by atoms with Crippen molar-refractivity contribution in [1.29, 1.82) is 0 Å². The third-order valence-corrected chi connectivity index (χ3v) is 4.41. The molecule has 3 heteroatoms. The first-order chi connectivity index (χ1) is 8.61. The van der Waals surface area contributed by atoms with Crippen molar-refractivity contribution < 1.29 is 14.3 Å². The molecule has 0 radical (unpaired) electrons. The van der Waals surface area contributed by atoms with Gasteiger partial charge in [-0.1, -0.05) is 31.2 Å². The number of esters is 2. The van der Waals surface area contributed by atoms with Gasteiger partial charge in [0, 0.05) is 5.41 Å². The Kier molecular flexibility index (Phi) is 2.51. The topological polar surface area (TPSA) is 43.4 Å². The van der Waals surface area contributed by atoms with Crippen LogP contribution in [0.25, 0.3) is 0 Å². The van der Waals surface area contributed by atoms with Crippen LogP contribution in [-0.2, 0) is 26.2 Å². The van der Waals surface area contributed by atoms with E-state index < -0.39 is 0 Å². The van der Waals surface area contributed by atoms with E-state index in [1.807, 2.05) is 12.1 Å². The van der Waals surface area contributed by atoms with Crippen LogP contribution in [0.2, 0.25) is 0 Å². The van der Waals surface area contributed by atoms with E-state index in [2.05, 4.69) is 19.1 Å². The summed E-state index contributed by atoms with van der Waals surface area (Å²) in [6, 6.07) is 8.24. The Bertz CT molecular complexity index is 520. The minimum atomic E-state index is -0.380. The number of hydrogen-bond acceptors (Lipinski definition) is 3. The highest BCUT2D eigenvalue weighted by Gasteiger charge is 2.48. The molecule has 1 aliphatic carbocycles. The lowest BCUT2D eigenvalue weighted by Gasteiger charge is -2.38. The number of ether oxygens (including phenoxy) is 1. The van der Waals surface area contributed by atoms with Gasteiger partial charge >= 0.3 is 11.9 Å². The lowest BCUT2D eigenvalue weighted by Crippen LogP contribution is -2.38. The molecule has 0 saturated carbocycles. The molecule has 0 bridgehead atoms. The number of aryl methyl sites for hydroxylation is 1. The van der Waals surface area contributed by atoms with Crippen LogP contribution in [0.1, 0.15) is 37.3 Å². The first kappa shape index (κ1) is 11.5. The second-order valence-corrected chi connectivity index (χ2v) is 5.48. The zero-order valence-corrected chi connectivity index (χ0v) is 10.4. The van der Waals surface area contributed by atoms with Crippen molar-refractivity contribution in [2.45, 2.75) is 38.0 Å². The molecule has 2 atom stereocenters. The maximum atomic E-state index is 11.9. The van der Waals surface area contributed by atoms with Gasteiger partial charge < -0.3 is 4.74 Å². The Morgan fingerprint density at radius 3 is 2.78 bits per heavy atom. The molecule has 0 amide bonds. The maximum absolute atomic E-state index is 11.9. The molecular formula is C15H16O3. The van der Waals surface area contributed by atoms with Crippen LogP contribution in [0.15, 0.2) is 24.3 Å². The average Bonchev–Trinajstić information content (AvgIpc) is 2.70. The van der Waals surface area contributed by atoms with Gasteiger partial charge in [0.05, 0.1) is 12.3 Å². The van der Waals surface area contributed by atoms with E-state index in [0.717, 1.165) is 19.3 Å². The largest absolute Gasteiger partial charge is 0.393 e. The smallest absolute Gasteiger partial charge is 0.318 e. The van der Waals surface area contributed by atoms with Gasteiger partial charge in [0.2, 0.25) is 0 Å². The molecule has 0 spiro atoms. The van der Waals surface area contributed by atoms with Gasteiger partial charge in [-0.05, 0) is 30.4 Å². The molecule has 1 aliphatic heterocycles. The van der Waals surface area contributed by atoms with Crippen molar-refractivity contribution in [1.82, 2.24) is 0 Å². The summed E-state index contributed by atoms with van der Waals surface area (Å²) in [6.07, 6.45) is 3.29. The predicted molar refractivity (Wildman–Crippen MR) is 65.9 cm³/mol. The average molecular weight is 244 g/mol. The van der Waals surface area contributed by atoms with Crippen LogP contribution < -0.4 is 0 Å². The third-order valence-electron chi connectivity index (χ3n) is 4.41. The lowest BCUT2D eigenvalue weighted by molar-refractivity contribution is -0.153. The molecular weight excluding hydrogens is 228 g/mol. The zero-order valence-electron chi connectivity index (χ0n) is 10.4. The number of fused-ring (bicyclic) bond motifs is 1. The second kappa shape index (κ2) is 3.94. The van der Waals surface area contributed by atoms with Gasteiger partial charge in [-0.25, -0.2) is 0 Å². The van der Waals surface area contributed by atoms with Crippen molar-refractivity contribution in [2.24, 2.45) is 5.92 Å². The molecule has 94 valence electrons. The first-order valence-electron chi connectivity index (χ1n) is 6.44. The summed E-state index contributed by atoms with van der Waals surface area (Å²) >= 11 is 0. The van der Waals surface area contributed by atoms with Crippen molar-refractivity contribution in [3.05, 3.63) is 35.4 Å². The highest BCUT2D eigenvalue weighted by Crippen LogP contribution is 2.46. The molecule has 2 unspecified atom stereocenters. The SMILES string of the molecule is CC1(C2CC(=O)OC2=O)CCCc2ccccc21. The van der Waals surface area contributed by atoms with E-state index >= 15 is 0 Å². The summed E-state index contributed by atoms with van der Waals surface area (Å²) in [4.78, 5) is 23.2. The van der Waals surface area contributed by atoms with E-state index in [1.165, 1.54) is 11.1 Å². The standard InChI is InChI=1S/C15H16O3/c1-15(12-9-13(16)18-14(12)17)8-4-6-10-5-2-3-7-11(10)15/h2-3,5,7,12H,4,6,8-9H2,1H3. The van der Waals surface area contributed by atoms with E-state index in [1.54, 1.807) is 0 Å². The number of cyclic esters (lactones) is 2. The van der Waals surface area contributed by atoms with Gasteiger partial charge in [0.1, 0.15) is 0 Å². The number of benzene rings is 1. The molecule has 3 rings (SSSR count). The third kappa shape index (κ3) is 1.57. The summed E-state index contributed by atoms with van der Waals surface area (Å²) in [7, 11) is 0. The first-order valence-corrected chi connectivity index (χ1v) is 6.44. The Morgan fingerprint density at radius 2 is 2.06 bits per heavy atom. The molecule has 1 aromatic rings. The fourth-order valence-corrected chi connectivity index (χ4v) is 3.40. The molecule has 1 fully saturated rings. The minimum absolute atomic E-state index is 0.226. The fraction of sp³-hybridized carbons (Fsp3) is 0.467. The van der Waals surface area contributed by atoms with E-state index in [-0.39, 0.29) is 29.7 Å². The van der Waals surface area contributed by atoms with Crippen LogP contribution >= 0.6 is 0 Å². The quantitative estimate of drug-likeness (QED) is 0.562. The highest BCUT2D eigenvalue weighted by molar-refractivity contribution is 5.95. The molecule has 0 N–H and O–H groups in total. The van der Waals surface area contributed by atoms with Crippen LogP contribution in [0.4, 0.5) is 0 Å². The normalized spacial score (nSPS) is 31.1. The molecule has 0 aromatic heterocycles. The maximum Gasteiger partial charge on any atom is 0.318 e. The van der Waals surface area contributed by atoms with Crippen molar-refractivity contribution in [2.75, 3.05) is 0 Å². The van der Waals surface area contributed by atoms with Gasteiger partial charge in [0.15, 0.2) is 0 Å². The van der Waals surface area contributed by atoms with E-state index in [4.69, 9.17) is 4.74 Å².